The second-order valence-electron chi connectivity index (χ2n) is 5.69. The van der Waals surface area contributed by atoms with Crippen LogP contribution in [0.3, 0.4) is 0 Å². The molecule has 1 aromatic carbocycles. The van der Waals surface area contributed by atoms with E-state index in [2.05, 4.69) is 15.5 Å². The van der Waals surface area contributed by atoms with Crippen LogP contribution in [0.2, 0.25) is 0 Å². The predicted octanol–water partition coefficient (Wildman–Crippen LogP) is 4.60. The van der Waals surface area contributed by atoms with Crippen LogP contribution in [0.25, 0.3) is 11.4 Å². The molecule has 0 aliphatic rings. The van der Waals surface area contributed by atoms with Gasteiger partial charge in [0.1, 0.15) is 0 Å². The summed E-state index contributed by atoms with van der Waals surface area (Å²) < 4.78 is 40.7. The molecule has 0 unspecified atom stereocenters. The molecule has 3 aromatic rings. The zero-order valence-electron chi connectivity index (χ0n) is 14.4. The second kappa shape index (κ2) is 7.73. The van der Waals surface area contributed by atoms with E-state index in [0.29, 0.717) is 11.0 Å². The Bertz CT molecular complexity index is 965. The van der Waals surface area contributed by atoms with Gasteiger partial charge in [-0.25, -0.2) is 0 Å². The number of aromatic nitrogens is 3. The molecule has 10 heteroatoms. The molecule has 2 aromatic heterocycles. The third-order valence-electron chi connectivity index (χ3n) is 3.66. The van der Waals surface area contributed by atoms with E-state index in [0.717, 1.165) is 28.3 Å². The minimum atomic E-state index is -4.53. The van der Waals surface area contributed by atoms with Crippen LogP contribution < -0.4 is 5.32 Å². The number of para-hydroxylation sites is 1. The van der Waals surface area contributed by atoms with Gasteiger partial charge in [0.2, 0.25) is 5.91 Å². The molecule has 0 saturated heterocycles. The van der Waals surface area contributed by atoms with Gasteiger partial charge in [0.15, 0.2) is 11.0 Å². The average molecular weight is 412 g/mol. The van der Waals surface area contributed by atoms with Gasteiger partial charge in [-0.05, 0) is 25.1 Å². The summed E-state index contributed by atoms with van der Waals surface area (Å²) in [4.78, 5) is 13.2. The number of anilines is 1. The highest BCUT2D eigenvalue weighted by Crippen LogP contribution is 2.34. The number of thioether (sulfide) groups is 1. The lowest BCUT2D eigenvalue weighted by Gasteiger charge is -2.13. The third kappa shape index (κ3) is 4.51. The highest BCUT2D eigenvalue weighted by Gasteiger charge is 2.33. The summed E-state index contributed by atoms with van der Waals surface area (Å²) in [6.07, 6.45) is -4.53. The number of nitrogens with zero attached hydrogens (tertiary/aromatic N) is 3. The van der Waals surface area contributed by atoms with Gasteiger partial charge in [-0.2, -0.15) is 13.2 Å². The molecule has 2 heterocycles. The molecule has 27 heavy (non-hydrogen) atoms. The van der Waals surface area contributed by atoms with Gasteiger partial charge in [0, 0.05) is 22.9 Å². The van der Waals surface area contributed by atoms with Crippen molar-refractivity contribution in [3.63, 3.8) is 0 Å². The van der Waals surface area contributed by atoms with Crippen LogP contribution in [-0.2, 0) is 18.0 Å². The standard InChI is InChI=1S/C17H15F3N4OS2/c1-10-7-11(8-26-10)15-22-23-16(24(15)2)27-9-14(25)21-13-6-4-3-5-12(13)17(18,19)20/h3-8H,9H2,1-2H3,(H,21,25). The van der Waals surface area contributed by atoms with E-state index >= 15 is 0 Å². The first kappa shape index (κ1) is 19.4. The molecule has 0 fully saturated rings. The number of hydrogen-bond donors (Lipinski definition) is 1. The summed E-state index contributed by atoms with van der Waals surface area (Å²) in [5.41, 5.74) is -0.206. The Hall–Kier alpha value is -2.33. The van der Waals surface area contributed by atoms with E-state index in [4.69, 9.17) is 0 Å². The maximum atomic E-state index is 13.0. The van der Waals surface area contributed by atoms with Gasteiger partial charge in [0.05, 0.1) is 17.0 Å². The molecule has 142 valence electrons. The topological polar surface area (TPSA) is 59.8 Å². The highest BCUT2D eigenvalue weighted by molar-refractivity contribution is 7.99. The normalized spacial score (nSPS) is 11.6. The molecular weight excluding hydrogens is 397 g/mol. The molecule has 0 spiro atoms. The number of carbonyl (C=O) groups excluding carboxylic acids is 1. The molecule has 5 nitrogen and oxygen atoms in total. The van der Waals surface area contributed by atoms with Crippen molar-refractivity contribution in [2.45, 2.75) is 18.3 Å². The largest absolute Gasteiger partial charge is 0.418 e. The molecule has 0 atom stereocenters. The predicted molar refractivity (Wildman–Crippen MR) is 99.9 cm³/mol. The molecule has 3 rings (SSSR count). The number of hydrogen-bond acceptors (Lipinski definition) is 5. The number of alkyl halides is 3. The fraction of sp³-hybridized carbons (Fsp3) is 0.235. The van der Waals surface area contributed by atoms with Gasteiger partial charge in [-0.15, -0.1) is 21.5 Å². The molecule has 0 bridgehead atoms. The Balaban J connectivity index is 1.66. The molecule has 0 saturated carbocycles. The number of nitrogens with one attached hydrogen (secondary N) is 1. The average Bonchev–Trinajstić information content (AvgIpc) is 3.18. The number of thiophene rings is 1. The van der Waals surface area contributed by atoms with Crippen LogP contribution >= 0.6 is 23.1 Å². The highest BCUT2D eigenvalue weighted by atomic mass is 32.2. The number of aryl methyl sites for hydroxylation is 1. The third-order valence-corrected chi connectivity index (χ3v) is 5.54. The maximum Gasteiger partial charge on any atom is 0.418 e. The van der Waals surface area contributed by atoms with E-state index in [-0.39, 0.29) is 11.4 Å². The van der Waals surface area contributed by atoms with Gasteiger partial charge < -0.3 is 9.88 Å². The number of amides is 1. The van der Waals surface area contributed by atoms with Crippen molar-refractivity contribution in [2.24, 2.45) is 7.05 Å². The number of carbonyl (C=O) groups is 1. The first-order chi connectivity index (χ1) is 12.8. The van der Waals surface area contributed by atoms with Crippen LogP contribution in [-0.4, -0.2) is 26.4 Å². The SMILES string of the molecule is Cc1cc(-c2nnc(SCC(=O)Nc3ccccc3C(F)(F)F)n2C)cs1. The first-order valence-corrected chi connectivity index (χ1v) is 9.66. The Labute approximate surface area is 161 Å². The van der Waals surface area contributed by atoms with Gasteiger partial charge in [0.25, 0.3) is 0 Å². The molecular formula is C17H15F3N4OS2. The van der Waals surface area contributed by atoms with E-state index < -0.39 is 17.6 Å². The Morgan fingerprint density at radius 1 is 1.30 bits per heavy atom. The number of halogens is 3. The van der Waals surface area contributed by atoms with Crippen molar-refractivity contribution in [2.75, 3.05) is 11.1 Å². The molecule has 0 aliphatic carbocycles. The summed E-state index contributed by atoms with van der Waals surface area (Å²) in [6.45, 7) is 1.99. The summed E-state index contributed by atoms with van der Waals surface area (Å²) in [6, 6.07) is 6.87. The van der Waals surface area contributed by atoms with Crippen molar-refractivity contribution in [3.05, 3.63) is 46.2 Å². The molecule has 1 N–H and O–H groups in total. The smallest absolute Gasteiger partial charge is 0.325 e. The van der Waals surface area contributed by atoms with E-state index in [1.165, 1.54) is 18.2 Å². The van der Waals surface area contributed by atoms with Crippen molar-refractivity contribution >= 4 is 34.7 Å². The van der Waals surface area contributed by atoms with Crippen molar-refractivity contribution in [1.29, 1.82) is 0 Å². The summed E-state index contributed by atoms with van der Waals surface area (Å²) in [5, 5.41) is 13.0. The van der Waals surface area contributed by atoms with Crippen molar-refractivity contribution in [3.8, 4) is 11.4 Å². The Morgan fingerprint density at radius 3 is 2.70 bits per heavy atom. The van der Waals surface area contributed by atoms with Crippen molar-refractivity contribution in [1.82, 2.24) is 14.8 Å². The van der Waals surface area contributed by atoms with Gasteiger partial charge in [-0.1, -0.05) is 23.9 Å². The zero-order valence-corrected chi connectivity index (χ0v) is 16.0. The summed E-state index contributed by atoms with van der Waals surface area (Å²) in [7, 11) is 1.78. The molecule has 1 amide bonds. The Kier molecular flexibility index (Phi) is 5.56. The quantitative estimate of drug-likeness (QED) is 0.622. The van der Waals surface area contributed by atoms with E-state index in [1.807, 2.05) is 18.4 Å². The fourth-order valence-corrected chi connectivity index (χ4v) is 3.80. The lowest BCUT2D eigenvalue weighted by atomic mass is 10.1. The van der Waals surface area contributed by atoms with Crippen LogP contribution in [0.1, 0.15) is 10.4 Å². The lowest BCUT2D eigenvalue weighted by molar-refractivity contribution is -0.137. The lowest BCUT2D eigenvalue weighted by Crippen LogP contribution is -2.18. The van der Waals surface area contributed by atoms with Crippen LogP contribution in [0.4, 0.5) is 18.9 Å². The van der Waals surface area contributed by atoms with Gasteiger partial charge in [-0.3, -0.25) is 4.79 Å². The summed E-state index contributed by atoms with van der Waals surface area (Å²) >= 11 is 2.71. The van der Waals surface area contributed by atoms with Crippen LogP contribution in [0.5, 0.6) is 0 Å². The van der Waals surface area contributed by atoms with E-state index in [9.17, 15) is 18.0 Å². The Morgan fingerprint density at radius 2 is 2.04 bits per heavy atom. The van der Waals surface area contributed by atoms with Crippen molar-refractivity contribution < 1.29 is 18.0 Å². The fourth-order valence-electron chi connectivity index (χ4n) is 2.41. The zero-order chi connectivity index (χ0) is 19.6. The number of rotatable bonds is 5. The first-order valence-electron chi connectivity index (χ1n) is 7.79. The number of benzene rings is 1. The molecule has 0 aliphatic heterocycles. The minimum Gasteiger partial charge on any atom is -0.325 e. The summed E-state index contributed by atoms with van der Waals surface area (Å²) in [5.74, 6) is 0.0400. The molecule has 0 radical (unpaired) electrons. The maximum absolute atomic E-state index is 13.0. The minimum absolute atomic E-state index is 0.0825. The van der Waals surface area contributed by atoms with E-state index in [1.54, 1.807) is 23.0 Å². The van der Waals surface area contributed by atoms with Gasteiger partial charge >= 0.3 is 6.18 Å². The van der Waals surface area contributed by atoms with Crippen LogP contribution in [0.15, 0.2) is 40.9 Å². The monoisotopic (exact) mass is 412 g/mol. The van der Waals surface area contributed by atoms with Crippen LogP contribution in [0, 0.1) is 6.92 Å². The second-order valence-corrected chi connectivity index (χ2v) is 7.75.